The molecular formula is C20H21ClN6S. The molecule has 8 heteroatoms. The lowest BCUT2D eigenvalue weighted by Crippen LogP contribution is -2.15. The van der Waals surface area contributed by atoms with Crippen molar-refractivity contribution in [3.63, 3.8) is 0 Å². The van der Waals surface area contributed by atoms with Crippen molar-refractivity contribution in [1.29, 1.82) is 0 Å². The maximum atomic E-state index is 6.26. The number of rotatable bonds is 5. The van der Waals surface area contributed by atoms with Crippen molar-refractivity contribution in [2.75, 3.05) is 0 Å². The molecular weight excluding hydrogens is 392 g/mol. The minimum absolute atomic E-state index is 0.412. The average molecular weight is 413 g/mol. The van der Waals surface area contributed by atoms with Gasteiger partial charge >= 0.3 is 0 Å². The SMILES string of the molecule is Clc1cc(Sc2nnc(-c3ccncc3)n2C2CCCCC2)nc(C2CC2)n1. The molecule has 28 heavy (non-hydrogen) atoms. The van der Waals surface area contributed by atoms with Gasteiger partial charge in [0.15, 0.2) is 11.0 Å². The first-order chi connectivity index (χ1) is 13.8. The number of nitrogens with zero attached hydrogens (tertiary/aromatic N) is 6. The highest BCUT2D eigenvalue weighted by Crippen LogP contribution is 2.41. The van der Waals surface area contributed by atoms with Crippen molar-refractivity contribution in [1.82, 2.24) is 29.7 Å². The van der Waals surface area contributed by atoms with Crippen LogP contribution < -0.4 is 0 Å². The van der Waals surface area contributed by atoms with Gasteiger partial charge in [-0.05, 0) is 49.6 Å². The third-order valence-electron chi connectivity index (χ3n) is 5.37. The summed E-state index contributed by atoms with van der Waals surface area (Å²) in [4.78, 5) is 13.3. The van der Waals surface area contributed by atoms with E-state index < -0.39 is 0 Å². The van der Waals surface area contributed by atoms with Crippen LogP contribution in [-0.4, -0.2) is 29.7 Å². The molecule has 3 aromatic rings. The molecule has 2 aliphatic carbocycles. The van der Waals surface area contributed by atoms with Gasteiger partial charge in [0.1, 0.15) is 16.0 Å². The van der Waals surface area contributed by atoms with Crippen LogP contribution in [0.4, 0.5) is 0 Å². The summed E-state index contributed by atoms with van der Waals surface area (Å²) >= 11 is 7.80. The topological polar surface area (TPSA) is 69.4 Å². The molecule has 2 aliphatic rings. The van der Waals surface area contributed by atoms with Gasteiger partial charge in [-0.3, -0.25) is 9.55 Å². The first kappa shape index (κ1) is 18.1. The molecule has 0 N–H and O–H groups in total. The first-order valence-electron chi connectivity index (χ1n) is 9.85. The zero-order valence-corrected chi connectivity index (χ0v) is 17.0. The second-order valence-corrected chi connectivity index (χ2v) is 8.84. The second-order valence-electron chi connectivity index (χ2n) is 7.47. The molecule has 0 radical (unpaired) electrons. The summed E-state index contributed by atoms with van der Waals surface area (Å²) in [5.41, 5.74) is 1.04. The van der Waals surface area contributed by atoms with Gasteiger partial charge in [-0.15, -0.1) is 10.2 Å². The monoisotopic (exact) mass is 412 g/mol. The molecule has 3 heterocycles. The Labute approximate surface area is 173 Å². The highest BCUT2D eigenvalue weighted by atomic mass is 35.5. The largest absolute Gasteiger partial charge is 0.299 e. The van der Waals surface area contributed by atoms with E-state index in [9.17, 15) is 0 Å². The minimum atomic E-state index is 0.412. The lowest BCUT2D eigenvalue weighted by atomic mass is 9.95. The van der Waals surface area contributed by atoms with Crippen LogP contribution in [0.1, 0.15) is 62.7 Å². The Hall–Kier alpha value is -1.99. The van der Waals surface area contributed by atoms with Gasteiger partial charge in [-0.25, -0.2) is 9.97 Å². The molecule has 3 aromatic heterocycles. The van der Waals surface area contributed by atoms with Crippen LogP contribution in [-0.2, 0) is 0 Å². The predicted molar refractivity (Wildman–Crippen MR) is 109 cm³/mol. The van der Waals surface area contributed by atoms with E-state index in [1.54, 1.807) is 12.4 Å². The molecule has 0 amide bonds. The third kappa shape index (κ3) is 3.78. The summed E-state index contributed by atoms with van der Waals surface area (Å²) in [7, 11) is 0. The fourth-order valence-electron chi connectivity index (χ4n) is 3.80. The predicted octanol–water partition coefficient (Wildman–Crippen LogP) is 5.32. The van der Waals surface area contributed by atoms with Crippen LogP contribution in [0, 0.1) is 0 Å². The number of hydrogen-bond acceptors (Lipinski definition) is 6. The Morgan fingerprint density at radius 3 is 2.50 bits per heavy atom. The summed E-state index contributed by atoms with van der Waals surface area (Å²) in [6.45, 7) is 0. The molecule has 0 spiro atoms. The van der Waals surface area contributed by atoms with Gasteiger partial charge in [-0.1, -0.05) is 30.9 Å². The molecule has 144 valence electrons. The fourth-order valence-corrected chi connectivity index (χ4v) is 4.96. The molecule has 2 saturated carbocycles. The Morgan fingerprint density at radius 1 is 0.964 bits per heavy atom. The van der Waals surface area contributed by atoms with E-state index in [1.807, 2.05) is 18.2 Å². The summed E-state index contributed by atoms with van der Waals surface area (Å²) in [6, 6.07) is 6.22. The van der Waals surface area contributed by atoms with E-state index in [4.69, 9.17) is 16.6 Å². The smallest absolute Gasteiger partial charge is 0.198 e. The van der Waals surface area contributed by atoms with E-state index in [-0.39, 0.29) is 0 Å². The van der Waals surface area contributed by atoms with Crippen LogP contribution in [0.2, 0.25) is 5.15 Å². The first-order valence-corrected chi connectivity index (χ1v) is 11.0. The quantitative estimate of drug-likeness (QED) is 0.528. The highest BCUT2D eigenvalue weighted by Gasteiger charge is 2.28. The van der Waals surface area contributed by atoms with E-state index in [1.165, 1.54) is 31.0 Å². The highest BCUT2D eigenvalue weighted by molar-refractivity contribution is 7.99. The standard InChI is InChI=1S/C20H21ClN6S/c21-16-12-17(24-18(23-16)13-6-7-13)28-20-26-25-19(14-8-10-22-11-9-14)27(20)15-4-2-1-3-5-15/h8-13,15H,1-7H2. The van der Waals surface area contributed by atoms with Gasteiger partial charge in [0, 0.05) is 36.0 Å². The van der Waals surface area contributed by atoms with Crippen molar-refractivity contribution >= 4 is 23.4 Å². The number of aromatic nitrogens is 6. The summed E-state index contributed by atoms with van der Waals surface area (Å²) < 4.78 is 2.30. The van der Waals surface area contributed by atoms with E-state index in [0.717, 1.165) is 53.1 Å². The molecule has 0 saturated heterocycles. The zero-order valence-electron chi connectivity index (χ0n) is 15.5. The van der Waals surface area contributed by atoms with Crippen molar-refractivity contribution < 1.29 is 0 Å². The normalized spacial score (nSPS) is 17.8. The summed E-state index contributed by atoms with van der Waals surface area (Å²) in [5.74, 6) is 2.22. The van der Waals surface area contributed by atoms with E-state index >= 15 is 0 Å². The van der Waals surface area contributed by atoms with Crippen molar-refractivity contribution in [2.24, 2.45) is 0 Å². The molecule has 6 nitrogen and oxygen atoms in total. The molecule has 0 aliphatic heterocycles. The summed E-state index contributed by atoms with van der Waals surface area (Å²) in [6.07, 6.45) is 12.0. The maximum Gasteiger partial charge on any atom is 0.198 e. The van der Waals surface area contributed by atoms with Crippen LogP contribution in [0.25, 0.3) is 11.4 Å². The number of pyridine rings is 1. The van der Waals surface area contributed by atoms with Crippen molar-refractivity contribution in [3.05, 3.63) is 41.6 Å². The average Bonchev–Trinajstić information content (AvgIpc) is 3.50. The Kier molecular flexibility index (Phi) is 5.03. The fraction of sp³-hybridized carbons (Fsp3) is 0.450. The Bertz CT molecular complexity index is 966. The number of hydrogen-bond donors (Lipinski definition) is 0. The molecule has 0 bridgehead atoms. The molecule has 0 unspecified atom stereocenters. The number of halogens is 1. The maximum absolute atomic E-state index is 6.26. The zero-order chi connectivity index (χ0) is 18.9. The molecule has 5 rings (SSSR count). The van der Waals surface area contributed by atoms with E-state index in [0.29, 0.717) is 17.1 Å². The second kappa shape index (κ2) is 7.79. The van der Waals surface area contributed by atoms with E-state index in [2.05, 4.69) is 24.7 Å². The summed E-state index contributed by atoms with van der Waals surface area (Å²) in [5, 5.41) is 11.3. The van der Waals surface area contributed by atoms with Gasteiger partial charge < -0.3 is 0 Å². The van der Waals surface area contributed by atoms with Crippen LogP contribution in [0.5, 0.6) is 0 Å². The Balaban J connectivity index is 1.53. The van der Waals surface area contributed by atoms with Crippen LogP contribution >= 0.6 is 23.4 Å². The molecule has 0 atom stereocenters. The van der Waals surface area contributed by atoms with Crippen LogP contribution in [0.15, 0.2) is 40.8 Å². The van der Waals surface area contributed by atoms with Crippen LogP contribution in [0.3, 0.4) is 0 Å². The lowest BCUT2D eigenvalue weighted by molar-refractivity contribution is 0.339. The van der Waals surface area contributed by atoms with Gasteiger partial charge in [0.05, 0.1) is 0 Å². The molecule has 2 fully saturated rings. The minimum Gasteiger partial charge on any atom is -0.299 e. The van der Waals surface area contributed by atoms with Gasteiger partial charge in [0.2, 0.25) is 0 Å². The van der Waals surface area contributed by atoms with Gasteiger partial charge in [0.25, 0.3) is 0 Å². The Morgan fingerprint density at radius 2 is 1.75 bits per heavy atom. The van der Waals surface area contributed by atoms with Gasteiger partial charge in [-0.2, -0.15) is 0 Å². The lowest BCUT2D eigenvalue weighted by Gasteiger charge is -2.25. The van der Waals surface area contributed by atoms with Crippen molar-refractivity contribution in [2.45, 2.75) is 67.1 Å². The van der Waals surface area contributed by atoms with Crippen molar-refractivity contribution in [3.8, 4) is 11.4 Å². The molecule has 0 aromatic carbocycles. The third-order valence-corrected chi connectivity index (χ3v) is 6.44.